The van der Waals surface area contributed by atoms with E-state index in [1.165, 1.54) is 16.8 Å². The number of nitrogens with two attached hydrogens (primary N) is 1. The van der Waals surface area contributed by atoms with E-state index in [0.717, 1.165) is 16.8 Å². The quantitative estimate of drug-likeness (QED) is 0.736. The average molecular weight is 344 g/mol. The molecule has 25 heavy (non-hydrogen) atoms. The predicted octanol–water partition coefficient (Wildman–Crippen LogP) is 2.00. The molecule has 4 N–H and O–H groups in total. The third-order valence-electron chi connectivity index (χ3n) is 5.21. The lowest BCUT2D eigenvalue weighted by Gasteiger charge is -2.27. The molecule has 0 amide bonds. The van der Waals surface area contributed by atoms with E-state index < -0.39 is 12.0 Å². The molecule has 2 aromatic rings. The van der Waals surface area contributed by atoms with Crippen molar-refractivity contribution in [2.45, 2.75) is 44.6 Å². The normalized spacial score (nSPS) is 22.0. The fourth-order valence-electron chi connectivity index (χ4n) is 3.94. The van der Waals surface area contributed by atoms with Crippen molar-refractivity contribution < 1.29 is 14.3 Å². The summed E-state index contributed by atoms with van der Waals surface area (Å²) in [6.45, 7) is 2.46. The molecule has 2 atom stereocenters. The Labute approximate surface area is 144 Å². The van der Waals surface area contributed by atoms with Gasteiger partial charge in [-0.1, -0.05) is 0 Å². The van der Waals surface area contributed by atoms with Crippen LogP contribution in [0.5, 0.6) is 0 Å². The summed E-state index contributed by atoms with van der Waals surface area (Å²) in [6, 6.07) is 2.88. The number of hydrogen-bond donors (Lipinski definition) is 3. The summed E-state index contributed by atoms with van der Waals surface area (Å²) in [4.78, 5) is 13.1. The lowest BCUT2D eigenvalue weighted by Crippen LogP contribution is -2.29. The predicted molar refractivity (Wildman–Crippen MR) is 92.3 cm³/mol. The van der Waals surface area contributed by atoms with Crippen LogP contribution in [0.15, 0.2) is 12.1 Å². The second-order valence-corrected chi connectivity index (χ2v) is 6.91. The van der Waals surface area contributed by atoms with Gasteiger partial charge in [-0.15, -0.1) is 0 Å². The summed E-state index contributed by atoms with van der Waals surface area (Å²) < 4.78 is 15.1. The van der Waals surface area contributed by atoms with E-state index >= 15 is 0 Å². The van der Waals surface area contributed by atoms with E-state index in [1.807, 2.05) is 6.92 Å². The molecule has 6 nitrogen and oxygen atoms in total. The summed E-state index contributed by atoms with van der Waals surface area (Å²) in [5.41, 5.74) is 9.96. The molecular formula is C18H21FN4O2. The largest absolute Gasteiger partial charge is 0.393 e. The molecule has 2 aliphatic rings. The Morgan fingerprint density at radius 3 is 3.04 bits per heavy atom. The molecule has 0 radical (unpaired) electrons. The number of anilines is 2. The standard InChI is InChI=1S/C18H21FN4O2/c1-9-6-10(19)7-14-12(4-5-21-16(9)14)18(25)23-17(20)13-3-2-11(24)8-15(13)22-23/h6-7,11-12,21,24H,2-5,8,20H2,1H3/t11?,12-/m0/s1. The monoisotopic (exact) mass is 344 g/mol. The lowest BCUT2D eigenvalue weighted by molar-refractivity contribution is 0.0858. The highest BCUT2D eigenvalue weighted by atomic mass is 19.1. The Balaban J connectivity index is 1.74. The Kier molecular flexibility index (Phi) is 3.76. The number of aliphatic hydroxyl groups is 1. The van der Waals surface area contributed by atoms with Crippen molar-refractivity contribution in [3.63, 3.8) is 0 Å². The second-order valence-electron chi connectivity index (χ2n) is 6.91. The summed E-state index contributed by atoms with van der Waals surface area (Å²) >= 11 is 0. The van der Waals surface area contributed by atoms with Gasteiger partial charge in [0.25, 0.3) is 5.91 Å². The fraction of sp³-hybridized carbons (Fsp3) is 0.444. The van der Waals surface area contributed by atoms with Gasteiger partial charge in [-0.25, -0.2) is 4.39 Å². The van der Waals surface area contributed by atoms with Gasteiger partial charge in [0.05, 0.1) is 17.7 Å². The SMILES string of the molecule is Cc1cc(F)cc2c1NCC[C@@H]2C(=O)n1nc2c(c1N)CCC(O)C2. The van der Waals surface area contributed by atoms with E-state index in [0.29, 0.717) is 49.3 Å². The Hall–Kier alpha value is -2.41. The number of nitrogen functional groups attached to an aromatic ring is 1. The van der Waals surface area contributed by atoms with Crippen LogP contribution in [0.3, 0.4) is 0 Å². The number of hydrogen-bond acceptors (Lipinski definition) is 5. The van der Waals surface area contributed by atoms with Gasteiger partial charge in [0, 0.05) is 24.2 Å². The van der Waals surface area contributed by atoms with Gasteiger partial charge in [0.2, 0.25) is 0 Å². The van der Waals surface area contributed by atoms with Gasteiger partial charge in [-0.05, 0) is 49.4 Å². The molecule has 0 bridgehead atoms. The lowest BCUT2D eigenvalue weighted by atomic mass is 9.88. The van der Waals surface area contributed by atoms with Crippen molar-refractivity contribution in [3.05, 3.63) is 40.3 Å². The smallest absolute Gasteiger partial charge is 0.256 e. The zero-order valence-corrected chi connectivity index (χ0v) is 14.1. The Morgan fingerprint density at radius 1 is 1.44 bits per heavy atom. The van der Waals surface area contributed by atoms with E-state index in [-0.39, 0.29) is 11.7 Å². The van der Waals surface area contributed by atoms with Gasteiger partial charge in [0.15, 0.2) is 0 Å². The number of aryl methyl sites for hydroxylation is 1. The van der Waals surface area contributed by atoms with E-state index in [4.69, 9.17) is 5.73 Å². The summed E-state index contributed by atoms with van der Waals surface area (Å²) in [7, 11) is 0. The molecule has 0 saturated carbocycles. The topological polar surface area (TPSA) is 93.2 Å². The molecule has 132 valence electrons. The highest BCUT2D eigenvalue weighted by Crippen LogP contribution is 2.37. The van der Waals surface area contributed by atoms with Gasteiger partial charge in [-0.2, -0.15) is 9.78 Å². The first-order chi connectivity index (χ1) is 12.0. The highest BCUT2D eigenvalue weighted by molar-refractivity contribution is 5.90. The van der Waals surface area contributed by atoms with Crippen LogP contribution >= 0.6 is 0 Å². The van der Waals surface area contributed by atoms with Crippen LogP contribution in [-0.2, 0) is 12.8 Å². The van der Waals surface area contributed by atoms with E-state index in [1.54, 1.807) is 0 Å². The fourth-order valence-corrected chi connectivity index (χ4v) is 3.94. The molecule has 1 aromatic carbocycles. The third-order valence-corrected chi connectivity index (χ3v) is 5.21. The first kappa shape index (κ1) is 16.1. The average Bonchev–Trinajstić information content (AvgIpc) is 2.89. The van der Waals surface area contributed by atoms with Crippen LogP contribution in [0, 0.1) is 12.7 Å². The van der Waals surface area contributed by atoms with Crippen LogP contribution in [0.1, 0.15) is 45.9 Å². The maximum atomic E-state index is 13.9. The number of benzene rings is 1. The molecule has 7 heteroatoms. The molecule has 1 aliphatic carbocycles. The molecule has 4 rings (SSSR count). The summed E-state index contributed by atoms with van der Waals surface area (Å²) in [5, 5.41) is 17.4. The number of aliphatic hydroxyl groups excluding tert-OH is 1. The minimum atomic E-state index is -0.487. The van der Waals surface area contributed by atoms with Crippen molar-refractivity contribution in [3.8, 4) is 0 Å². The third kappa shape index (κ3) is 2.59. The molecule has 1 unspecified atom stereocenters. The first-order valence-corrected chi connectivity index (χ1v) is 8.58. The number of halogens is 1. The summed E-state index contributed by atoms with van der Waals surface area (Å²) in [6.07, 6.45) is 1.77. The highest BCUT2D eigenvalue weighted by Gasteiger charge is 2.33. The molecule has 0 fully saturated rings. The maximum Gasteiger partial charge on any atom is 0.256 e. The van der Waals surface area contributed by atoms with Crippen molar-refractivity contribution in [2.75, 3.05) is 17.6 Å². The van der Waals surface area contributed by atoms with Gasteiger partial charge in [-0.3, -0.25) is 4.79 Å². The minimum absolute atomic E-state index is 0.242. The maximum absolute atomic E-state index is 13.9. The van der Waals surface area contributed by atoms with Crippen molar-refractivity contribution in [2.24, 2.45) is 0 Å². The van der Waals surface area contributed by atoms with E-state index in [9.17, 15) is 14.3 Å². The van der Waals surface area contributed by atoms with Crippen LogP contribution in [0.25, 0.3) is 0 Å². The zero-order chi connectivity index (χ0) is 17.7. The van der Waals surface area contributed by atoms with E-state index in [2.05, 4.69) is 10.4 Å². The van der Waals surface area contributed by atoms with Crippen molar-refractivity contribution >= 4 is 17.4 Å². The number of carbonyl (C=O) groups is 1. The van der Waals surface area contributed by atoms with Crippen LogP contribution in [0.2, 0.25) is 0 Å². The number of nitrogens with zero attached hydrogens (tertiary/aromatic N) is 2. The van der Waals surface area contributed by atoms with Crippen molar-refractivity contribution in [1.82, 2.24) is 9.78 Å². The minimum Gasteiger partial charge on any atom is -0.393 e. The van der Waals surface area contributed by atoms with Gasteiger partial charge in [0.1, 0.15) is 11.6 Å². The zero-order valence-electron chi connectivity index (χ0n) is 14.1. The van der Waals surface area contributed by atoms with Gasteiger partial charge < -0.3 is 16.2 Å². The van der Waals surface area contributed by atoms with Crippen molar-refractivity contribution in [1.29, 1.82) is 0 Å². The molecule has 1 aliphatic heterocycles. The molecular weight excluding hydrogens is 323 g/mol. The first-order valence-electron chi connectivity index (χ1n) is 8.58. The second kappa shape index (κ2) is 5.84. The Bertz CT molecular complexity index is 861. The van der Waals surface area contributed by atoms with Gasteiger partial charge >= 0.3 is 0 Å². The van der Waals surface area contributed by atoms with Crippen LogP contribution in [-0.4, -0.2) is 33.4 Å². The summed E-state index contributed by atoms with van der Waals surface area (Å²) in [5.74, 6) is -0.734. The molecule has 1 aromatic heterocycles. The number of carbonyl (C=O) groups excluding carboxylic acids is 1. The molecule has 2 heterocycles. The Morgan fingerprint density at radius 2 is 2.24 bits per heavy atom. The van der Waals surface area contributed by atoms with Crippen LogP contribution in [0.4, 0.5) is 15.9 Å². The molecule has 0 spiro atoms. The number of fused-ring (bicyclic) bond motifs is 2. The molecule has 0 saturated heterocycles. The number of aromatic nitrogens is 2. The number of rotatable bonds is 1. The van der Waals surface area contributed by atoms with Crippen LogP contribution < -0.4 is 11.1 Å². The number of nitrogens with one attached hydrogen (secondary N) is 1.